The summed E-state index contributed by atoms with van der Waals surface area (Å²) in [7, 11) is 0. The Labute approximate surface area is 186 Å². The highest BCUT2D eigenvalue weighted by molar-refractivity contribution is 5.35. The van der Waals surface area contributed by atoms with Crippen LogP contribution in [0, 0.1) is 51.2 Å². The molecule has 0 aromatic heterocycles. The summed E-state index contributed by atoms with van der Waals surface area (Å²) < 4.78 is 0. The molecule has 0 heterocycles. The zero-order valence-electron chi connectivity index (χ0n) is 21.0. The molecule has 30 heavy (non-hydrogen) atoms. The van der Waals surface area contributed by atoms with Crippen LogP contribution in [0.15, 0.2) is 11.1 Å². The van der Waals surface area contributed by atoms with E-state index >= 15 is 0 Å². The van der Waals surface area contributed by atoms with Gasteiger partial charge < -0.3 is 5.11 Å². The average Bonchev–Trinajstić information content (AvgIpc) is 2.67. The summed E-state index contributed by atoms with van der Waals surface area (Å²) in [6.07, 6.45) is 13.3. The number of aliphatic hydroxyl groups excluding tert-OH is 1. The summed E-state index contributed by atoms with van der Waals surface area (Å²) in [6, 6.07) is 0. The lowest BCUT2D eigenvalue weighted by Gasteiger charge is -2.67. The molecule has 0 bridgehead atoms. The van der Waals surface area contributed by atoms with Crippen LogP contribution in [0.5, 0.6) is 0 Å². The van der Waals surface area contributed by atoms with E-state index in [2.05, 4.69) is 48.5 Å². The maximum atomic E-state index is 10.8. The minimum absolute atomic E-state index is 0.0709. The lowest BCUT2D eigenvalue weighted by atomic mass is 9.38. The molecule has 9 atom stereocenters. The fourth-order valence-electron chi connectivity index (χ4n) is 10.5. The molecule has 1 nitrogen and oxygen atoms in total. The van der Waals surface area contributed by atoms with Gasteiger partial charge in [0.25, 0.3) is 0 Å². The van der Waals surface area contributed by atoms with Crippen LogP contribution in [0.1, 0.15) is 113 Å². The topological polar surface area (TPSA) is 20.2 Å². The Morgan fingerprint density at radius 2 is 1.50 bits per heavy atom. The Bertz CT molecular complexity index is 747. The number of aliphatic hydroxyl groups is 1. The number of allylic oxidation sites excluding steroid dienone is 2. The lowest BCUT2D eigenvalue weighted by molar-refractivity contribution is -0.169. The van der Waals surface area contributed by atoms with Gasteiger partial charge in [-0.25, -0.2) is 0 Å². The highest BCUT2D eigenvalue weighted by atomic mass is 16.3. The summed E-state index contributed by atoms with van der Waals surface area (Å²) in [5.74, 6) is 4.07. The van der Waals surface area contributed by atoms with Crippen molar-refractivity contribution in [3.8, 4) is 0 Å². The van der Waals surface area contributed by atoms with Crippen molar-refractivity contribution in [1.82, 2.24) is 0 Å². The standard InChI is InChI=1S/C29H48O/c1-18-10-14-27(5)15-11-21-20(25(27)19(18)2)8-9-23-28(21,6)16-12-22-26(3,4)24(30)13-17-29(22,23)7/h18-19,22-25,30H,8-17H2,1-7H3. The van der Waals surface area contributed by atoms with Crippen molar-refractivity contribution in [3.05, 3.63) is 11.1 Å². The first kappa shape index (κ1) is 21.5. The van der Waals surface area contributed by atoms with Crippen molar-refractivity contribution in [3.63, 3.8) is 0 Å². The van der Waals surface area contributed by atoms with Gasteiger partial charge >= 0.3 is 0 Å². The second-order valence-corrected chi connectivity index (χ2v) is 14.0. The molecule has 0 amide bonds. The molecule has 3 saturated carbocycles. The average molecular weight is 413 g/mol. The minimum Gasteiger partial charge on any atom is -0.393 e. The van der Waals surface area contributed by atoms with Crippen LogP contribution in [-0.4, -0.2) is 11.2 Å². The third-order valence-corrected chi connectivity index (χ3v) is 12.5. The third kappa shape index (κ3) is 2.63. The van der Waals surface area contributed by atoms with Crippen LogP contribution in [0.25, 0.3) is 0 Å². The molecule has 5 aliphatic rings. The Balaban J connectivity index is 1.56. The third-order valence-electron chi connectivity index (χ3n) is 12.5. The molecule has 0 spiro atoms. The highest BCUT2D eigenvalue weighted by Gasteiger charge is 2.63. The number of fused-ring (bicyclic) bond motifs is 6. The molecule has 0 saturated heterocycles. The van der Waals surface area contributed by atoms with Gasteiger partial charge in [0.05, 0.1) is 6.10 Å². The first-order chi connectivity index (χ1) is 13.9. The molecule has 1 heteroatoms. The maximum absolute atomic E-state index is 10.8. The van der Waals surface area contributed by atoms with Crippen molar-refractivity contribution < 1.29 is 5.11 Å². The second kappa shape index (κ2) is 6.61. The second-order valence-electron chi connectivity index (χ2n) is 14.0. The molecule has 170 valence electrons. The van der Waals surface area contributed by atoms with Crippen molar-refractivity contribution in [2.75, 3.05) is 0 Å². The van der Waals surface area contributed by atoms with Gasteiger partial charge in [0.1, 0.15) is 0 Å². The predicted octanol–water partition coefficient (Wildman–Crippen LogP) is 7.78. The lowest BCUT2D eigenvalue weighted by Crippen LogP contribution is -2.60. The van der Waals surface area contributed by atoms with Crippen LogP contribution < -0.4 is 0 Å². The van der Waals surface area contributed by atoms with E-state index in [1.165, 1.54) is 57.8 Å². The van der Waals surface area contributed by atoms with Crippen LogP contribution in [0.4, 0.5) is 0 Å². The van der Waals surface area contributed by atoms with E-state index in [1.54, 1.807) is 0 Å². The molecule has 9 unspecified atom stereocenters. The smallest absolute Gasteiger partial charge is 0.0594 e. The summed E-state index contributed by atoms with van der Waals surface area (Å²) in [5.41, 5.74) is 5.33. The first-order valence-corrected chi connectivity index (χ1v) is 13.4. The zero-order valence-corrected chi connectivity index (χ0v) is 21.0. The summed E-state index contributed by atoms with van der Waals surface area (Å²) in [5, 5.41) is 10.8. The van der Waals surface area contributed by atoms with Crippen molar-refractivity contribution >= 4 is 0 Å². The van der Waals surface area contributed by atoms with E-state index in [-0.39, 0.29) is 11.5 Å². The van der Waals surface area contributed by atoms with Crippen LogP contribution in [-0.2, 0) is 0 Å². The normalized spacial score (nSPS) is 55.2. The zero-order chi connectivity index (χ0) is 21.7. The van der Waals surface area contributed by atoms with Crippen LogP contribution in [0.2, 0.25) is 0 Å². The Morgan fingerprint density at radius 3 is 2.23 bits per heavy atom. The van der Waals surface area contributed by atoms with E-state index in [9.17, 15) is 5.11 Å². The van der Waals surface area contributed by atoms with Gasteiger partial charge in [-0.2, -0.15) is 0 Å². The highest BCUT2D eigenvalue weighted by Crippen LogP contribution is 2.71. The van der Waals surface area contributed by atoms with Crippen molar-refractivity contribution in [1.29, 1.82) is 0 Å². The van der Waals surface area contributed by atoms with E-state index in [1.807, 2.05) is 11.1 Å². The maximum Gasteiger partial charge on any atom is 0.0594 e. The van der Waals surface area contributed by atoms with E-state index in [0.29, 0.717) is 22.2 Å². The molecule has 0 aromatic rings. The Morgan fingerprint density at radius 1 is 0.767 bits per heavy atom. The van der Waals surface area contributed by atoms with Gasteiger partial charge in [0.2, 0.25) is 0 Å². The molecule has 0 radical (unpaired) electrons. The monoisotopic (exact) mass is 412 g/mol. The van der Waals surface area contributed by atoms with Gasteiger partial charge in [0, 0.05) is 0 Å². The van der Waals surface area contributed by atoms with Gasteiger partial charge in [0.15, 0.2) is 0 Å². The molecule has 3 fully saturated rings. The SMILES string of the molecule is CC1CCC2(C)CCC3=C(CCC4C3(C)CCC3C(C)(C)C(O)CCC43C)C2C1C. The largest absolute Gasteiger partial charge is 0.393 e. The summed E-state index contributed by atoms with van der Waals surface area (Å²) >= 11 is 0. The molecular weight excluding hydrogens is 364 g/mol. The van der Waals surface area contributed by atoms with Crippen LogP contribution in [0.3, 0.4) is 0 Å². The van der Waals surface area contributed by atoms with Gasteiger partial charge in [-0.1, -0.05) is 59.6 Å². The van der Waals surface area contributed by atoms with Crippen molar-refractivity contribution in [2.24, 2.45) is 51.2 Å². The molecule has 5 aliphatic carbocycles. The van der Waals surface area contributed by atoms with Crippen molar-refractivity contribution in [2.45, 2.75) is 119 Å². The molecule has 5 rings (SSSR count). The summed E-state index contributed by atoms with van der Waals surface area (Å²) in [6.45, 7) is 17.8. The van der Waals surface area contributed by atoms with E-state index in [0.717, 1.165) is 30.1 Å². The minimum atomic E-state index is -0.113. The molecule has 1 N–H and O–H groups in total. The number of rotatable bonds is 0. The number of hydrogen-bond donors (Lipinski definition) is 1. The summed E-state index contributed by atoms with van der Waals surface area (Å²) in [4.78, 5) is 0. The van der Waals surface area contributed by atoms with Crippen LogP contribution >= 0.6 is 0 Å². The fraction of sp³-hybridized carbons (Fsp3) is 0.931. The van der Waals surface area contributed by atoms with E-state index < -0.39 is 0 Å². The van der Waals surface area contributed by atoms with Gasteiger partial charge in [-0.05, 0) is 115 Å². The van der Waals surface area contributed by atoms with Gasteiger partial charge in [-0.15, -0.1) is 0 Å². The quantitative estimate of drug-likeness (QED) is 0.403. The molecule has 0 aliphatic heterocycles. The predicted molar refractivity (Wildman–Crippen MR) is 126 cm³/mol. The van der Waals surface area contributed by atoms with E-state index in [4.69, 9.17) is 0 Å². The molecular formula is C29H48O. The fourth-order valence-corrected chi connectivity index (χ4v) is 10.5. The Hall–Kier alpha value is -0.300. The Kier molecular flexibility index (Phi) is 4.75. The van der Waals surface area contributed by atoms with Gasteiger partial charge in [-0.3, -0.25) is 0 Å². The first-order valence-electron chi connectivity index (χ1n) is 13.4. The molecule has 0 aromatic carbocycles. The number of hydrogen-bond acceptors (Lipinski definition) is 1.